The van der Waals surface area contributed by atoms with E-state index < -0.39 is 17.9 Å². The van der Waals surface area contributed by atoms with Crippen LogP contribution in [0.15, 0.2) is 41.8 Å². The van der Waals surface area contributed by atoms with Gasteiger partial charge in [-0.2, -0.15) is 0 Å². The van der Waals surface area contributed by atoms with Gasteiger partial charge in [0.25, 0.3) is 5.91 Å². The molecule has 0 unspecified atom stereocenters. The minimum absolute atomic E-state index is 0.0370. The van der Waals surface area contributed by atoms with Crippen LogP contribution in [0.1, 0.15) is 40.5 Å². The van der Waals surface area contributed by atoms with Crippen LogP contribution >= 0.6 is 22.9 Å². The summed E-state index contributed by atoms with van der Waals surface area (Å²) < 4.78 is 0. The highest BCUT2D eigenvalue weighted by molar-refractivity contribution is 7.10. The van der Waals surface area contributed by atoms with Crippen molar-refractivity contribution in [3.63, 3.8) is 0 Å². The van der Waals surface area contributed by atoms with Gasteiger partial charge in [0, 0.05) is 11.4 Å². The SMILES string of the molecule is NC(=O)C[C@@H](NC(=O)c1ccccc1Cl)C(=O)N1CCC[C@@H]1c1cccs1. The number of primary amides is 1. The van der Waals surface area contributed by atoms with Gasteiger partial charge in [0.15, 0.2) is 0 Å². The Kier molecular flexibility index (Phi) is 6.13. The van der Waals surface area contributed by atoms with Crippen LogP contribution in [0.4, 0.5) is 0 Å². The van der Waals surface area contributed by atoms with Gasteiger partial charge in [-0.25, -0.2) is 0 Å². The molecule has 1 aliphatic rings. The zero-order valence-corrected chi connectivity index (χ0v) is 16.1. The van der Waals surface area contributed by atoms with Crippen LogP contribution in [-0.2, 0) is 9.59 Å². The molecule has 1 aromatic carbocycles. The lowest BCUT2D eigenvalue weighted by molar-refractivity contribution is -0.136. The second-order valence-corrected chi connectivity index (χ2v) is 7.77. The van der Waals surface area contributed by atoms with Crippen LogP contribution in [0.5, 0.6) is 0 Å². The minimum Gasteiger partial charge on any atom is -0.370 e. The van der Waals surface area contributed by atoms with Gasteiger partial charge in [0.2, 0.25) is 11.8 Å². The molecule has 0 spiro atoms. The molecule has 1 fully saturated rings. The molecule has 0 bridgehead atoms. The third-order valence-electron chi connectivity index (χ3n) is 4.53. The van der Waals surface area contributed by atoms with Crippen LogP contribution in [-0.4, -0.2) is 35.2 Å². The number of nitrogens with one attached hydrogen (secondary N) is 1. The van der Waals surface area contributed by atoms with Gasteiger partial charge < -0.3 is 16.0 Å². The Bertz CT molecular complexity index is 840. The van der Waals surface area contributed by atoms with Crippen molar-refractivity contribution in [3.05, 3.63) is 57.2 Å². The number of halogens is 1. The molecule has 2 atom stereocenters. The molecule has 0 saturated carbocycles. The Morgan fingerprint density at radius 2 is 2.04 bits per heavy atom. The standard InChI is InChI=1S/C19H20ClN3O3S/c20-13-6-2-1-5-12(13)18(25)22-14(11-17(21)24)19(26)23-9-3-7-15(23)16-8-4-10-27-16/h1-2,4-6,8,10,14-15H,3,7,9,11H2,(H2,21,24)(H,22,25)/t14-,15-/m1/s1. The average molecular weight is 406 g/mol. The molecule has 142 valence electrons. The van der Waals surface area contributed by atoms with E-state index in [0.717, 1.165) is 17.7 Å². The molecule has 1 saturated heterocycles. The summed E-state index contributed by atoms with van der Waals surface area (Å²) in [6.07, 6.45) is 1.47. The maximum atomic E-state index is 13.1. The molecule has 2 heterocycles. The van der Waals surface area contributed by atoms with Gasteiger partial charge in [-0.05, 0) is 36.4 Å². The molecule has 3 rings (SSSR count). The van der Waals surface area contributed by atoms with Crippen molar-refractivity contribution < 1.29 is 14.4 Å². The summed E-state index contributed by atoms with van der Waals surface area (Å²) in [7, 11) is 0. The van der Waals surface area contributed by atoms with Crippen molar-refractivity contribution in [2.45, 2.75) is 31.3 Å². The summed E-state index contributed by atoms with van der Waals surface area (Å²) in [4.78, 5) is 40.0. The number of nitrogens with zero attached hydrogens (tertiary/aromatic N) is 1. The first-order valence-corrected chi connectivity index (χ1v) is 9.90. The molecule has 6 nitrogen and oxygen atoms in total. The van der Waals surface area contributed by atoms with Gasteiger partial charge in [0.05, 0.1) is 23.0 Å². The summed E-state index contributed by atoms with van der Waals surface area (Å²) in [6, 6.07) is 9.42. The fourth-order valence-electron chi connectivity index (χ4n) is 3.29. The summed E-state index contributed by atoms with van der Waals surface area (Å²) >= 11 is 7.65. The van der Waals surface area contributed by atoms with Crippen molar-refractivity contribution >= 4 is 40.7 Å². The number of likely N-dealkylation sites (tertiary alicyclic amines) is 1. The van der Waals surface area contributed by atoms with Crippen LogP contribution in [0.25, 0.3) is 0 Å². The largest absolute Gasteiger partial charge is 0.370 e. The molecule has 27 heavy (non-hydrogen) atoms. The van der Waals surface area contributed by atoms with Crippen LogP contribution in [0.2, 0.25) is 5.02 Å². The van der Waals surface area contributed by atoms with E-state index in [9.17, 15) is 14.4 Å². The number of carbonyl (C=O) groups excluding carboxylic acids is 3. The molecule has 3 amide bonds. The Hall–Kier alpha value is -2.38. The monoisotopic (exact) mass is 405 g/mol. The number of thiophene rings is 1. The Morgan fingerprint density at radius 3 is 2.70 bits per heavy atom. The second-order valence-electron chi connectivity index (χ2n) is 6.38. The van der Waals surface area contributed by atoms with Gasteiger partial charge in [-0.3, -0.25) is 14.4 Å². The maximum Gasteiger partial charge on any atom is 0.253 e. The zero-order chi connectivity index (χ0) is 19.4. The quantitative estimate of drug-likeness (QED) is 0.773. The zero-order valence-electron chi connectivity index (χ0n) is 14.6. The van der Waals surface area contributed by atoms with Gasteiger partial charge >= 0.3 is 0 Å². The summed E-state index contributed by atoms with van der Waals surface area (Å²) in [6.45, 7) is 0.582. The van der Waals surface area contributed by atoms with Crippen LogP contribution in [0, 0.1) is 0 Å². The fourth-order valence-corrected chi connectivity index (χ4v) is 4.39. The summed E-state index contributed by atoms with van der Waals surface area (Å²) in [5.74, 6) is -1.46. The number of hydrogen-bond acceptors (Lipinski definition) is 4. The third kappa shape index (κ3) is 4.48. The number of rotatable bonds is 6. The number of carbonyl (C=O) groups is 3. The van der Waals surface area contributed by atoms with Gasteiger partial charge in [-0.1, -0.05) is 29.8 Å². The maximum absolute atomic E-state index is 13.1. The number of benzene rings is 1. The lowest BCUT2D eigenvalue weighted by Crippen LogP contribution is -2.50. The third-order valence-corrected chi connectivity index (χ3v) is 5.84. The van der Waals surface area contributed by atoms with Crippen molar-refractivity contribution in [1.29, 1.82) is 0 Å². The number of amides is 3. The van der Waals surface area contributed by atoms with E-state index in [-0.39, 0.29) is 29.0 Å². The molecule has 2 aromatic rings. The van der Waals surface area contributed by atoms with Crippen molar-refractivity contribution in [3.8, 4) is 0 Å². The number of nitrogens with two attached hydrogens (primary N) is 1. The smallest absolute Gasteiger partial charge is 0.253 e. The lowest BCUT2D eigenvalue weighted by atomic mass is 10.1. The van der Waals surface area contributed by atoms with E-state index in [4.69, 9.17) is 17.3 Å². The highest BCUT2D eigenvalue weighted by Crippen LogP contribution is 2.35. The van der Waals surface area contributed by atoms with Crippen molar-refractivity contribution in [2.75, 3.05) is 6.54 Å². The molecule has 8 heteroatoms. The van der Waals surface area contributed by atoms with Crippen molar-refractivity contribution in [1.82, 2.24) is 10.2 Å². The highest BCUT2D eigenvalue weighted by Gasteiger charge is 2.36. The Balaban J connectivity index is 1.79. The van der Waals surface area contributed by atoms with E-state index in [2.05, 4.69) is 5.32 Å². The van der Waals surface area contributed by atoms with E-state index in [1.165, 1.54) is 0 Å². The number of hydrogen-bond donors (Lipinski definition) is 2. The van der Waals surface area contributed by atoms with Gasteiger partial charge in [-0.15, -0.1) is 11.3 Å². The van der Waals surface area contributed by atoms with Crippen LogP contribution in [0.3, 0.4) is 0 Å². The molecule has 0 aliphatic carbocycles. The predicted octanol–water partition coefficient (Wildman–Crippen LogP) is 2.74. The minimum atomic E-state index is -1.02. The molecule has 0 radical (unpaired) electrons. The first-order valence-electron chi connectivity index (χ1n) is 8.65. The van der Waals surface area contributed by atoms with E-state index in [1.807, 2.05) is 17.5 Å². The van der Waals surface area contributed by atoms with Crippen molar-refractivity contribution in [2.24, 2.45) is 5.73 Å². The summed E-state index contributed by atoms with van der Waals surface area (Å²) in [5, 5.41) is 4.88. The lowest BCUT2D eigenvalue weighted by Gasteiger charge is -2.28. The molecule has 3 N–H and O–H groups in total. The van der Waals surface area contributed by atoms with E-state index in [0.29, 0.717) is 6.54 Å². The second kappa shape index (κ2) is 8.54. The predicted molar refractivity (Wildman–Crippen MR) is 105 cm³/mol. The van der Waals surface area contributed by atoms with Crippen LogP contribution < -0.4 is 11.1 Å². The fraction of sp³-hybridized carbons (Fsp3) is 0.316. The Labute approximate surface area is 166 Å². The first-order chi connectivity index (χ1) is 13.0. The first kappa shape index (κ1) is 19.4. The van der Waals surface area contributed by atoms with E-state index in [1.54, 1.807) is 40.5 Å². The average Bonchev–Trinajstić information content (AvgIpc) is 3.31. The molecular weight excluding hydrogens is 386 g/mol. The highest BCUT2D eigenvalue weighted by atomic mass is 35.5. The van der Waals surface area contributed by atoms with Gasteiger partial charge in [0.1, 0.15) is 6.04 Å². The normalized spacial score (nSPS) is 17.5. The Morgan fingerprint density at radius 1 is 1.26 bits per heavy atom. The summed E-state index contributed by atoms with van der Waals surface area (Å²) in [5.41, 5.74) is 5.57. The molecular formula is C19H20ClN3O3S. The van der Waals surface area contributed by atoms with E-state index >= 15 is 0 Å². The molecule has 1 aliphatic heterocycles. The topological polar surface area (TPSA) is 92.5 Å². The molecule has 1 aromatic heterocycles.